The summed E-state index contributed by atoms with van der Waals surface area (Å²) < 4.78 is 27.1. The van der Waals surface area contributed by atoms with Gasteiger partial charge in [0.25, 0.3) is 0 Å². The minimum Gasteiger partial charge on any atom is -0.492 e. The van der Waals surface area contributed by atoms with Crippen molar-refractivity contribution in [2.45, 2.75) is 6.42 Å². The van der Waals surface area contributed by atoms with E-state index in [0.717, 1.165) is 0 Å². The maximum absolute atomic E-state index is 10.9. The molecule has 0 saturated heterocycles. The van der Waals surface area contributed by atoms with Gasteiger partial charge in [-0.3, -0.25) is 0 Å². The number of nitriles is 1. The van der Waals surface area contributed by atoms with Crippen molar-refractivity contribution >= 4 is 9.84 Å². The van der Waals surface area contributed by atoms with Gasteiger partial charge >= 0.3 is 0 Å². The van der Waals surface area contributed by atoms with Crippen LogP contribution in [-0.2, 0) is 9.84 Å². The molecule has 1 aromatic rings. The summed E-state index contributed by atoms with van der Waals surface area (Å²) >= 11 is 0. The standard InChI is InChI=1S/C11H13NO3S/c1-16(13,14)8-4-7-15-11-6-3-2-5-10(11)9-12/h2-3,5-6H,4,7-8H2,1H3. The molecule has 0 atom stereocenters. The normalized spacial score (nSPS) is 10.8. The molecule has 86 valence electrons. The predicted molar refractivity (Wildman–Crippen MR) is 61.0 cm³/mol. The lowest BCUT2D eigenvalue weighted by Crippen LogP contribution is -2.08. The van der Waals surface area contributed by atoms with Crippen molar-refractivity contribution < 1.29 is 13.2 Å². The van der Waals surface area contributed by atoms with Crippen molar-refractivity contribution in [1.29, 1.82) is 5.26 Å². The van der Waals surface area contributed by atoms with Crippen molar-refractivity contribution in [3.05, 3.63) is 29.8 Å². The van der Waals surface area contributed by atoms with E-state index in [1.807, 2.05) is 6.07 Å². The molecule has 0 saturated carbocycles. The van der Waals surface area contributed by atoms with Gasteiger partial charge in [-0.05, 0) is 18.6 Å². The Hall–Kier alpha value is -1.54. The van der Waals surface area contributed by atoms with Crippen LogP contribution in [0.15, 0.2) is 24.3 Å². The molecule has 0 heterocycles. The molecule has 0 bridgehead atoms. The summed E-state index contributed by atoms with van der Waals surface area (Å²) in [6, 6.07) is 8.88. The maximum Gasteiger partial charge on any atom is 0.147 e. The molecule has 4 nitrogen and oxygen atoms in total. The Balaban J connectivity index is 2.47. The van der Waals surface area contributed by atoms with E-state index in [2.05, 4.69) is 0 Å². The number of sulfone groups is 1. The fraction of sp³-hybridized carbons (Fsp3) is 0.364. The van der Waals surface area contributed by atoms with E-state index in [1.165, 1.54) is 6.26 Å². The maximum atomic E-state index is 10.9. The van der Waals surface area contributed by atoms with E-state index >= 15 is 0 Å². The lowest BCUT2D eigenvalue weighted by molar-refractivity contribution is 0.317. The minimum absolute atomic E-state index is 0.0989. The molecule has 0 aromatic heterocycles. The molecule has 1 rings (SSSR count). The fourth-order valence-electron chi connectivity index (χ4n) is 1.19. The molecule has 0 aliphatic carbocycles. The highest BCUT2D eigenvalue weighted by Gasteiger charge is 2.04. The summed E-state index contributed by atoms with van der Waals surface area (Å²) in [5.74, 6) is 0.598. The summed E-state index contributed by atoms with van der Waals surface area (Å²) in [6.07, 6.45) is 1.62. The fourth-order valence-corrected chi connectivity index (χ4v) is 1.83. The molecular formula is C11H13NO3S. The highest BCUT2D eigenvalue weighted by molar-refractivity contribution is 7.90. The highest BCUT2D eigenvalue weighted by atomic mass is 32.2. The Morgan fingerprint density at radius 1 is 1.38 bits per heavy atom. The summed E-state index contributed by atoms with van der Waals surface area (Å²) in [5, 5.41) is 8.78. The molecular weight excluding hydrogens is 226 g/mol. The third-order valence-electron chi connectivity index (χ3n) is 1.92. The van der Waals surface area contributed by atoms with Gasteiger partial charge in [-0.25, -0.2) is 8.42 Å². The third kappa shape index (κ3) is 4.32. The third-order valence-corrected chi connectivity index (χ3v) is 2.95. The number of benzene rings is 1. The Bertz CT molecular complexity index is 488. The second kappa shape index (κ2) is 5.52. The average molecular weight is 239 g/mol. The first-order valence-electron chi connectivity index (χ1n) is 4.82. The van der Waals surface area contributed by atoms with Crippen LogP contribution >= 0.6 is 0 Å². The second-order valence-corrected chi connectivity index (χ2v) is 5.70. The highest BCUT2D eigenvalue weighted by Crippen LogP contribution is 2.16. The Morgan fingerprint density at radius 3 is 2.69 bits per heavy atom. The van der Waals surface area contributed by atoms with Crippen molar-refractivity contribution in [3.63, 3.8) is 0 Å². The molecule has 0 radical (unpaired) electrons. The van der Waals surface area contributed by atoms with E-state index < -0.39 is 9.84 Å². The molecule has 16 heavy (non-hydrogen) atoms. The number of hydrogen-bond acceptors (Lipinski definition) is 4. The summed E-state index contributed by atoms with van der Waals surface area (Å²) in [7, 11) is -2.94. The molecule has 0 unspecified atom stereocenters. The van der Waals surface area contributed by atoms with Crippen LogP contribution < -0.4 is 4.74 Å². The summed E-state index contributed by atoms with van der Waals surface area (Å²) in [5.41, 5.74) is 0.460. The first-order valence-corrected chi connectivity index (χ1v) is 6.88. The van der Waals surface area contributed by atoms with Crippen LogP contribution in [0.4, 0.5) is 0 Å². The number of rotatable bonds is 5. The zero-order valence-corrected chi connectivity index (χ0v) is 9.83. The van der Waals surface area contributed by atoms with Gasteiger partial charge in [0.15, 0.2) is 0 Å². The van der Waals surface area contributed by atoms with E-state index in [0.29, 0.717) is 24.3 Å². The zero-order valence-electron chi connectivity index (χ0n) is 9.01. The number of hydrogen-bond donors (Lipinski definition) is 0. The van der Waals surface area contributed by atoms with Gasteiger partial charge in [0.2, 0.25) is 0 Å². The lowest BCUT2D eigenvalue weighted by atomic mass is 10.2. The van der Waals surface area contributed by atoms with E-state index in [9.17, 15) is 8.42 Å². The molecule has 0 fully saturated rings. The first-order chi connectivity index (χ1) is 7.53. The SMILES string of the molecule is CS(=O)(=O)CCCOc1ccccc1C#N. The number of ether oxygens (including phenoxy) is 1. The van der Waals surface area contributed by atoms with E-state index in [-0.39, 0.29) is 5.75 Å². The van der Waals surface area contributed by atoms with E-state index in [1.54, 1.807) is 24.3 Å². The first kappa shape index (κ1) is 12.5. The van der Waals surface area contributed by atoms with Gasteiger partial charge in [-0.15, -0.1) is 0 Å². The molecule has 0 aliphatic heterocycles. The van der Waals surface area contributed by atoms with Crippen molar-refractivity contribution in [2.75, 3.05) is 18.6 Å². The van der Waals surface area contributed by atoms with Crippen LogP contribution in [-0.4, -0.2) is 27.0 Å². The Labute approximate surface area is 95.4 Å². The van der Waals surface area contributed by atoms with E-state index in [4.69, 9.17) is 10.00 Å². The van der Waals surface area contributed by atoms with Crippen LogP contribution in [0, 0.1) is 11.3 Å². The summed E-state index contributed by atoms with van der Waals surface area (Å²) in [4.78, 5) is 0. The minimum atomic E-state index is -2.94. The summed E-state index contributed by atoms with van der Waals surface area (Å²) in [6.45, 7) is 0.297. The molecule has 1 aromatic carbocycles. The van der Waals surface area contributed by atoms with Crippen molar-refractivity contribution in [2.24, 2.45) is 0 Å². The second-order valence-electron chi connectivity index (χ2n) is 3.44. The monoisotopic (exact) mass is 239 g/mol. The smallest absolute Gasteiger partial charge is 0.147 e. The quantitative estimate of drug-likeness (QED) is 0.728. The molecule has 0 spiro atoms. The van der Waals surface area contributed by atoms with Gasteiger partial charge < -0.3 is 4.74 Å². The topological polar surface area (TPSA) is 67.2 Å². The van der Waals surface area contributed by atoms with Crippen LogP contribution in [0.3, 0.4) is 0 Å². The van der Waals surface area contributed by atoms with Crippen molar-refractivity contribution in [3.8, 4) is 11.8 Å². The zero-order chi connectivity index (χ0) is 12.0. The number of nitrogens with zero attached hydrogens (tertiary/aromatic N) is 1. The van der Waals surface area contributed by atoms with Crippen LogP contribution in [0.2, 0.25) is 0 Å². The Kier molecular flexibility index (Phi) is 4.32. The largest absolute Gasteiger partial charge is 0.492 e. The van der Waals surface area contributed by atoms with Gasteiger partial charge in [0, 0.05) is 6.26 Å². The van der Waals surface area contributed by atoms with Gasteiger partial charge in [0.1, 0.15) is 21.7 Å². The predicted octanol–water partition coefficient (Wildman–Crippen LogP) is 1.37. The van der Waals surface area contributed by atoms with Gasteiger partial charge in [-0.1, -0.05) is 12.1 Å². The van der Waals surface area contributed by atoms with Crippen molar-refractivity contribution in [1.82, 2.24) is 0 Å². The van der Waals surface area contributed by atoms with Crippen LogP contribution in [0.1, 0.15) is 12.0 Å². The van der Waals surface area contributed by atoms with Crippen LogP contribution in [0.5, 0.6) is 5.75 Å². The molecule has 5 heteroatoms. The Morgan fingerprint density at radius 2 is 2.06 bits per heavy atom. The molecule has 0 amide bonds. The molecule has 0 aliphatic rings. The van der Waals surface area contributed by atoms with Gasteiger partial charge in [-0.2, -0.15) is 5.26 Å². The van der Waals surface area contributed by atoms with Gasteiger partial charge in [0.05, 0.1) is 17.9 Å². The molecule has 0 N–H and O–H groups in total. The van der Waals surface area contributed by atoms with Crippen LogP contribution in [0.25, 0.3) is 0 Å². The lowest BCUT2D eigenvalue weighted by Gasteiger charge is -2.06. The number of para-hydroxylation sites is 1. The average Bonchev–Trinajstić information content (AvgIpc) is 2.23.